The van der Waals surface area contributed by atoms with Crippen LogP contribution in [0, 0.1) is 0 Å². The number of anilines is 1. The Bertz CT molecular complexity index is 489. The summed E-state index contributed by atoms with van der Waals surface area (Å²) in [5, 5.41) is 9.45. The first kappa shape index (κ1) is 17.4. The summed E-state index contributed by atoms with van der Waals surface area (Å²) >= 11 is 0. The lowest BCUT2D eigenvalue weighted by Crippen LogP contribution is -2.41. The number of carbonyl (C=O) groups is 1. The number of hydrogen-bond donors (Lipinski definition) is 1. The maximum atomic E-state index is 11.5. The summed E-state index contributed by atoms with van der Waals surface area (Å²) in [7, 11) is 4.00. The van der Waals surface area contributed by atoms with Gasteiger partial charge in [-0.3, -0.25) is 0 Å². The van der Waals surface area contributed by atoms with Gasteiger partial charge in [0.05, 0.1) is 11.9 Å². The molecule has 0 saturated heterocycles. The molecule has 118 valence electrons. The number of nitrogens with zero attached hydrogens (tertiary/aromatic N) is 4. The summed E-state index contributed by atoms with van der Waals surface area (Å²) in [4.78, 5) is 24.2. The molecule has 6 nitrogen and oxygen atoms in total. The van der Waals surface area contributed by atoms with Crippen LogP contribution in [-0.4, -0.2) is 59.2 Å². The molecule has 6 heteroatoms. The summed E-state index contributed by atoms with van der Waals surface area (Å²) in [5.74, 6) is -0.344. The average Bonchev–Trinajstić information content (AvgIpc) is 2.38. The van der Waals surface area contributed by atoms with Gasteiger partial charge in [-0.25, -0.2) is 14.8 Å². The summed E-state index contributed by atoms with van der Waals surface area (Å²) in [5.41, 5.74) is 0.671. The first-order valence-electron chi connectivity index (χ1n) is 7.29. The second kappa shape index (κ2) is 7.36. The lowest BCUT2D eigenvalue weighted by Gasteiger charge is -2.32. The normalized spacial score (nSPS) is 12.8. The van der Waals surface area contributed by atoms with E-state index in [0.29, 0.717) is 18.1 Å². The minimum absolute atomic E-state index is 0.0844. The molecule has 0 saturated carbocycles. The van der Waals surface area contributed by atoms with E-state index in [2.05, 4.69) is 21.8 Å². The van der Waals surface area contributed by atoms with E-state index in [0.717, 1.165) is 6.54 Å². The van der Waals surface area contributed by atoms with Crippen LogP contribution in [0.25, 0.3) is 0 Å². The van der Waals surface area contributed by atoms with Gasteiger partial charge in [-0.2, -0.15) is 0 Å². The van der Waals surface area contributed by atoms with Crippen LogP contribution in [0.4, 0.5) is 5.69 Å². The maximum absolute atomic E-state index is 11.5. The fourth-order valence-electron chi connectivity index (χ4n) is 2.38. The lowest BCUT2D eigenvalue weighted by molar-refractivity contribution is 0.0690. The van der Waals surface area contributed by atoms with E-state index in [4.69, 9.17) is 0 Å². The van der Waals surface area contributed by atoms with Crippen LogP contribution in [0.1, 0.15) is 49.9 Å². The molecule has 1 aromatic heterocycles. The molecule has 0 aliphatic heterocycles. The van der Waals surface area contributed by atoms with Crippen molar-refractivity contribution < 1.29 is 9.90 Å². The zero-order valence-corrected chi connectivity index (χ0v) is 13.8. The van der Waals surface area contributed by atoms with Gasteiger partial charge in [0.1, 0.15) is 5.82 Å². The van der Waals surface area contributed by atoms with Gasteiger partial charge in [0.2, 0.25) is 0 Å². The summed E-state index contributed by atoms with van der Waals surface area (Å²) in [6.07, 6.45) is 1.64. The maximum Gasteiger partial charge on any atom is 0.356 e. The molecule has 0 aliphatic rings. The SMILES string of the molecule is CCN(c1cnc(C(C)C)nc1C(=O)O)C(C)CN(C)C. The van der Waals surface area contributed by atoms with Crippen molar-refractivity contribution in [2.75, 3.05) is 32.1 Å². The Morgan fingerprint density at radius 2 is 1.95 bits per heavy atom. The molecule has 21 heavy (non-hydrogen) atoms. The van der Waals surface area contributed by atoms with Crippen LogP contribution < -0.4 is 4.90 Å². The van der Waals surface area contributed by atoms with Gasteiger partial charge in [0, 0.05) is 25.0 Å². The molecule has 0 bridgehead atoms. The molecule has 1 rings (SSSR count). The third kappa shape index (κ3) is 4.39. The van der Waals surface area contributed by atoms with Gasteiger partial charge in [0.25, 0.3) is 0 Å². The van der Waals surface area contributed by atoms with E-state index in [1.54, 1.807) is 6.20 Å². The second-order valence-electron chi connectivity index (χ2n) is 5.82. The van der Waals surface area contributed by atoms with Crippen LogP contribution in [-0.2, 0) is 0 Å². The van der Waals surface area contributed by atoms with Crippen LogP contribution in [0.3, 0.4) is 0 Å². The minimum Gasteiger partial charge on any atom is -0.476 e. The Balaban J connectivity index is 3.22. The van der Waals surface area contributed by atoms with Crippen molar-refractivity contribution >= 4 is 11.7 Å². The standard InChI is InChI=1S/C15H26N4O2/c1-7-19(11(4)9-18(5)6)12-8-16-14(10(2)3)17-13(12)15(20)21/h8,10-11H,7,9H2,1-6H3,(H,20,21). The molecule has 1 heterocycles. The van der Waals surface area contributed by atoms with Gasteiger partial charge >= 0.3 is 5.97 Å². The Morgan fingerprint density at radius 3 is 2.38 bits per heavy atom. The Labute approximate surface area is 126 Å². The van der Waals surface area contributed by atoms with Gasteiger partial charge in [-0.05, 0) is 27.9 Å². The summed E-state index contributed by atoms with van der Waals surface area (Å²) in [6.45, 7) is 9.53. The zero-order valence-electron chi connectivity index (χ0n) is 13.8. The van der Waals surface area contributed by atoms with Crippen LogP contribution >= 0.6 is 0 Å². The highest BCUT2D eigenvalue weighted by molar-refractivity contribution is 5.92. The van der Waals surface area contributed by atoms with Gasteiger partial charge in [-0.15, -0.1) is 0 Å². The quantitative estimate of drug-likeness (QED) is 0.830. The Hall–Kier alpha value is -1.69. The Morgan fingerprint density at radius 1 is 1.33 bits per heavy atom. The third-order valence-electron chi connectivity index (χ3n) is 3.32. The van der Waals surface area contributed by atoms with Crippen molar-refractivity contribution in [3.8, 4) is 0 Å². The summed E-state index contributed by atoms with van der Waals surface area (Å²) in [6, 6.07) is 0.177. The smallest absolute Gasteiger partial charge is 0.356 e. The van der Waals surface area contributed by atoms with Crippen molar-refractivity contribution in [1.82, 2.24) is 14.9 Å². The first-order valence-corrected chi connectivity index (χ1v) is 7.29. The van der Waals surface area contributed by atoms with E-state index < -0.39 is 5.97 Å². The van der Waals surface area contributed by atoms with Crippen LogP contribution in [0.15, 0.2) is 6.20 Å². The van der Waals surface area contributed by atoms with E-state index in [1.165, 1.54) is 0 Å². The fraction of sp³-hybridized carbons (Fsp3) is 0.667. The molecule has 0 aromatic carbocycles. The number of aromatic nitrogens is 2. The van der Waals surface area contributed by atoms with Crippen molar-refractivity contribution in [3.63, 3.8) is 0 Å². The number of hydrogen-bond acceptors (Lipinski definition) is 5. The van der Waals surface area contributed by atoms with Crippen molar-refractivity contribution in [2.45, 2.75) is 39.7 Å². The molecule has 0 radical (unpaired) electrons. The molecule has 1 atom stereocenters. The highest BCUT2D eigenvalue weighted by Gasteiger charge is 2.23. The molecule has 0 spiro atoms. The van der Waals surface area contributed by atoms with E-state index in [9.17, 15) is 9.90 Å². The highest BCUT2D eigenvalue weighted by atomic mass is 16.4. The molecule has 1 unspecified atom stereocenters. The molecule has 0 fully saturated rings. The molecular weight excluding hydrogens is 268 g/mol. The fourth-order valence-corrected chi connectivity index (χ4v) is 2.38. The predicted octanol–water partition coefficient (Wildman–Crippen LogP) is 2.07. The third-order valence-corrected chi connectivity index (χ3v) is 3.32. The minimum atomic E-state index is -1.01. The largest absolute Gasteiger partial charge is 0.476 e. The topological polar surface area (TPSA) is 69.6 Å². The molecule has 0 amide bonds. The summed E-state index contributed by atoms with van der Waals surface area (Å²) < 4.78 is 0. The average molecular weight is 294 g/mol. The van der Waals surface area contributed by atoms with E-state index in [1.807, 2.05) is 39.8 Å². The van der Waals surface area contributed by atoms with Gasteiger partial charge in [-0.1, -0.05) is 13.8 Å². The number of carboxylic acid groups (broad SMARTS) is 1. The highest BCUT2D eigenvalue weighted by Crippen LogP contribution is 2.22. The number of aromatic carboxylic acids is 1. The predicted molar refractivity (Wildman–Crippen MR) is 84.1 cm³/mol. The van der Waals surface area contributed by atoms with Crippen molar-refractivity contribution in [1.29, 1.82) is 0 Å². The number of likely N-dealkylation sites (N-methyl/N-ethyl adjacent to an activating group) is 2. The van der Waals surface area contributed by atoms with Crippen LogP contribution in [0.2, 0.25) is 0 Å². The Kier molecular flexibility index (Phi) is 6.08. The molecule has 0 aliphatic carbocycles. The van der Waals surface area contributed by atoms with Crippen molar-refractivity contribution in [3.05, 3.63) is 17.7 Å². The van der Waals surface area contributed by atoms with Gasteiger partial charge in [0.15, 0.2) is 5.69 Å². The van der Waals surface area contributed by atoms with Crippen molar-refractivity contribution in [2.24, 2.45) is 0 Å². The number of carboxylic acids is 1. The second-order valence-corrected chi connectivity index (χ2v) is 5.82. The molecule has 1 N–H and O–H groups in total. The lowest BCUT2D eigenvalue weighted by atomic mass is 10.1. The molecular formula is C15H26N4O2. The molecule has 1 aromatic rings. The monoisotopic (exact) mass is 294 g/mol. The zero-order chi connectivity index (χ0) is 16.2. The first-order chi connectivity index (χ1) is 9.77. The van der Waals surface area contributed by atoms with E-state index in [-0.39, 0.29) is 17.7 Å². The van der Waals surface area contributed by atoms with Crippen LogP contribution in [0.5, 0.6) is 0 Å². The van der Waals surface area contributed by atoms with Gasteiger partial charge < -0.3 is 14.9 Å². The number of rotatable bonds is 7. The van der Waals surface area contributed by atoms with E-state index >= 15 is 0 Å².